The number of amides is 1. The molecule has 3 aromatic rings. The molecule has 0 aliphatic heterocycles. The molecule has 3 rings (SSSR count). The molecule has 0 aliphatic rings. The highest BCUT2D eigenvalue weighted by atomic mass is 16.3. The maximum Gasteiger partial charge on any atom is 0.330 e. The van der Waals surface area contributed by atoms with E-state index in [4.69, 9.17) is 10.2 Å². The van der Waals surface area contributed by atoms with Crippen molar-refractivity contribution >= 4 is 17.4 Å². The van der Waals surface area contributed by atoms with E-state index >= 15 is 0 Å². The first-order chi connectivity index (χ1) is 15.3. The molecule has 0 atom stereocenters. The number of rotatable bonds is 9. The number of carbonyl (C=O) groups excluding carboxylic acids is 1. The predicted molar refractivity (Wildman–Crippen MR) is 124 cm³/mol. The third-order valence-electron chi connectivity index (χ3n) is 5.24. The van der Waals surface area contributed by atoms with Gasteiger partial charge in [-0.1, -0.05) is 39.3 Å². The van der Waals surface area contributed by atoms with Crippen molar-refractivity contribution in [2.75, 3.05) is 17.2 Å². The Morgan fingerprint density at radius 3 is 2.56 bits per heavy atom. The van der Waals surface area contributed by atoms with E-state index in [2.05, 4.69) is 9.97 Å². The maximum absolute atomic E-state index is 13.5. The number of aromatic amines is 1. The molecule has 32 heavy (non-hydrogen) atoms. The first-order valence-electron chi connectivity index (χ1n) is 10.8. The van der Waals surface area contributed by atoms with E-state index in [1.807, 2.05) is 20.8 Å². The van der Waals surface area contributed by atoms with Gasteiger partial charge in [-0.3, -0.25) is 19.1 Å². The van der Waals surface area contributed by atoms with Crippen molar-refractivity contribution in [1.82, 2.24) is 14.5 Å². The van der Waals surface area contributed by atoms with Crippen molar-refractivity contribution in [2.24, 2.45) is 5.92 Å². The number of hydrogen-bond donors (Lipinski definition) is 2. The summed E-state index contributed by atoms with van der Waals surface area (Å²) in [5, 5.41) is 0. The third-order valence-corrected chi connectivity index (χ3v) is 5.24. The number of anilines is 2. The predicted octanol–water partition coefficient (Wildman–Crippen LogP) is 3.27. The zero-order chi connectivity index (χ0) is 23.3. The van der Waals surface area contributed by atoms with E-state index in [0.29, 0.717) is 36.8 Å². The third kappa shape index (κ3) is 4.99. The minimum atomic E-state index is -0.671. The van der Waals surface area contributed by atoms with Gasteiger partial charge in [-0.2, -0.15) is 0 Å². The van der Waals surface area contributed by atoms with E-state index in [9.17, 15) is 14.4 Å². The van der Waals surface area contributed by atoms with Crippen molar-refractivity contribution in [3.05, 3.63) is 63.3 Å². The van der Waals surface area contributed by atoms with E-state index in [0.717, 1.165) is 18.4 Å². The summed E-state index contributed by atoms with van der Waals surface area (Å²) in [7, 11) is 0. The molecular formula is C23H29N5O4. The lowest BCUT2D eigenvalue weighted by Gasteiger charge is -2.25. The number of carbonyl (C=O) groups is 1. The maximum atomic E-state index is 13.5. The van der Waals surface area contributed by atoms with Gasteiger partial charge in [0.1, 0.15) is 5.82 Å². The Hall–Kier alpha value is -3.62. The zero-order valence-electron chi connectivity index (χ0n) is 18.6. The van der Waals surface area contributed by atoms with Gasteiger partial charge in [-0.05, 0) is 30.9 Å². The molecule has 3 N–H and O–H groups in total. The topological polar surface area (TPSA) is 127 Å². The fourth-order valence-corrected chi connectivity index (χ4v) is 3.37. The molecule has 170 valence electrons. The molecule has 0 aliphatic carbocycles. The van der Waals surface area contributed by atoms with Gasteiger partial charge in [0.25, 0.3) is 11.5 Å². The Morgan fingerprint density at radius 1 is 1.25 bits per heavy atom. The van der Waals surface area contributed by atoms with Crippen LogP contribution in [-0.2, 0) is 6.54 Å². The van der Waals surface area contributed by atoms with Crippen LogP contribution in [0.5, 0.6) is 0 Å². The highest BCUT2D eigenvalue weighted by Crippen LogP contribution is 2.23. The Kier molecular flexibility index (Phi) is 7.29. The van der Waals surface area contributed by atoms with Crippen LogP contribution in [0.25, 0.3) is 11.3 Å². The van der Waals surface area contributed by atoms with Crippen LogP contribution in [0.3, 0.4) is 0 Å². The lowest BCUT2D eigenvalue weighted by atomic mass is 10.1. The Bertz CT molecular complexity index is 1160. The van der Waals surface area contributed by atoms with Crippen molar-refractivity contribution in [2.45, 2.75) is 46.6 Å². The van der Waals surface area contributed by atoms with Crippen LogP contribution in [0.15, 0.2) is 50.9 Å². The van der Waals surface area contributed by atoms with E-state index < -0.39 is 11.2 Å². The first kappa shape index (κ1) is 23.1. The smallest absolute Gasteiger partial charge is 0.330 e. The Labute approximate surface area is 185 Å². The first-order valence-corrected chi connectivity index (χ1v) is 10.8. The van der Waals surface area contributed by atoms with Gasteiger partial charge in [0.15, 0.2) is 17.8 Å². The highest BCUT2D eigenvalue weighted by molar-refractivity contribution is 6.07. The minimum Gasteiger partial charge on any atom is -0.444 e. The van der Waals surface area contributed by atoms with Crippen LogP contribution >= 0.6 is 0 Å². The van der Waals surface area contributed by atoms with Gasteiger partial charge < -0.3 is 15.1 Å². The summed E-state index contributed by atoms with van der Waals surface area (Å²) in [4.78, 5) is 46.1. The number of H-pyrrole nitrogens is 1. The minimum absolute atomic E-state index is 0.00239. The number of nitrogens with zero attached hydrogens (tertiary/aromatic N) is 3. The van der Waals surface area contributed by atoms with Gasteiger partial charge >= 0.3 is 5.69 Å². The molecule has 0 unspecified atom stereocenters. The summed E-state index contributed by atoms with van der Waals surface area (Å²) >= 11 is 0. The van der Waals surface area contributed by atoms with Crippen LogP contribution in [-0.4, -0.2) is 27.0 Å². The number of unbranched alkanes of at least 4 members (excludes halogenated alkanes) is 1. The van der Waals surface area contributed by atoms with E-state index in [1.165, 1.54) is 15.9 Å². The molecule has 0 radical (unpaired) electrons. The van der Waals surface area contributed by atoms with Crippen LogP contribution in [0.4, 0.5) is 11.5 Å². The number of nitrogens with one attached hydrogen (secondary N) is 1. The molecule has 2 heterocycles. The number of oxazole rings is 1. The molecule has 1 amide bonds. The van der Waals surface area contributed by atoms with Crippen molar-refractivity contribution in [1.29, 1.82) is 0 Å². The van der Waals surface area contributed by atoms with E-state index in [-0.39, 0.29) is 17.4 Å². The van der Waals surface area contributed by atoms with Crippen LogP contribution in [0, 0.1) is 5.92 Å². The van der Waals surface area contributed by atoms with Crippen LogP contribution in [0.1, 0.15) is 50.4 Å². The number of hydrogen-bond acceptors (Lipinski definition) is 6. The Morgan fingerprint density at radius 2 is 1.97 bits per heavy atom. The summed E-state index contributed by atoms with van der Waals surface area (Å²) in [6.45, 7) is 6.71. The standard InChI is InChI=1S/C23H29N5O4/c1-4-5-11-28-20(24)19(21(29)26-23(28)31)27(12-10-15(2)3)22(30)17-8-6-16(7-9-17)18-13-25-14-32-18/h6-9,13-15H,4-5,10-12,24H2,1-3H3,(H,26,29,31). The highest BCUT2D eigenvalue weighted by Gasteiger charge is 2.25. The van der Waals surface area contributed by atoms with Gasteiger partial charge in [0, 0.05) is 24.2 Å². The van der Waals surface area contributed by atoms with Crippen LogP contribution in [0.2, 0.25) is 0 Å². The molecule has 0 bridgehead atoms. The number of aromatic nitrogens is 3. The zero-order valence-corrected chi connectivity index (χ0v) is 18.6. The SMILES string of the molecule is CCCCn1c(N)c(N(CCC(C)C)C(=O)c2ccc(-c3cnco3)cc2)c(=O)[nH]c1=O. The average molecular weight is 440 g/mol. The van der Waals surface area contributed by atoms with Gasteiger partial charge in [-0.15, -0.1) is 0 Å². The van der Waals surface area contributed by atoms with E-state index in [1.54, 1.807) is 30.5 Å². The fourth-order valence-electron chi connectivity index (χ4n) is 3.37. The number of nitrogen functional groups attached to an aromatic ring is 1. The summed E-state index contributed by atoms with van der Waals surface area (Å²) in [5.74, 6) is 0.519. The van der Waals surface area contributed by atoms with Gasteiger partial charge in [-0.25, -0.2) is 9.78 Å². The average Bonchev–Trinajstić information content (AvgIpc) is 3.30. The molecule has 0 saturated carbocycles. The molecule has 9 heteroatoms. The summed E-state index contributed by atoms with van der Waals surface area (Å²) in [6.07, 6.45) is 5.16. The van der Waals surface area contributed by atoms with Gasteiger partial charge in [0.05, 0.1) is 6.20 Å². The molecule has 1 aromatic carbocycles. The summed E-state index contributed by atoms with van der Waals surface area (Å²) in [6, 6.07) is 6.84. The number of nitrogens with two attached hydrogens (primary N) is 1. The lowest BCUT2D eigenvalue weighted by Crippen LogP contribution is -2.42. The fraction of sp³-hybridized carbons (Fsp3) is 0.391. The van der Waals surface area contributed by atoms with Crippen molar-refractivity contribution < 1.29 is 9.21 Å². The molecular weight excluding hydrogens is 410 g/mol. The van der Waals surface area contributed by atoms with Crippen LogP contribution < -0.4 is 21.9 Å². The quantitative estimate of drug-likeness (QED) is 0.527. The molecule has 0 spiro atoms. The summed E-state index contributed by atoms with van der Waals surface area (Å²) in [5.41, 5.74) is 6.20. The largest absolute Gasteiger partial charge is 0.444 e. The molecule has 2 aromatic heterocycles. The van der Waals surface area contributed by atoms with Crippen molar-refractivity contribution in [3.8, 4) is 11.3 Å². The molecule has 0 saturated heterocycles. The monoisotopic (exact) mass is 439 g/mol. The van der Waals surface area contributed by atoms with Gasteiger partial charge in [0.2, 0.25) is 0 Å². The second kappa shape index (κ2) is 10.1. The second-order valence-electron chi connectivity index (χ2n) is 8.08. The Balaban J connectivity index is 2.02. The second-order valence-corrected chi connectivity index (χ2v) is 8.08. The number of benzene rings is 1. The molecule has 9 nitrogen and oxygen atoms in total. The normalized spacial score (nSPS) is 11.1. The van der Waals surface area contributed by atoms with Crippen molar-refractivity contribution in [3.63, 3.8) is 0 Å². The molecule has 0 fully saturated rings. The summed E-state index contributed by atoms with van der Waals surface area (Å²) < 4.78 is 6.61. The lowest BCUT2D eigenvalue weighted by molar-refractivity contribution is 0.0985.